The molecule has 1 fully saturated rings. The molecule has 3 amide bonds. The van der Waals surface area contributed by atoms with Crippen molar-refractivity contribution in [3.8, 4) is 5.75 Å². The molecule has 6 heteroatoms. The summed E-state index contributed by atoms with van der Waals surface area (Å²) in [5.74, 6) is 0.296. The highest BCUT2D eigenvalue weighted by atomic mass is 79.9. The third-order valence-corrected chi connectivity index (χ3v) is 3.91. The van der Waals surface area contributed by atoms with Crippen LogP contribution in [0.25, 0.3) is 0 Å². The smallest absolute Gasteiger partial charge is 0.322 e. The molecule has 100 valence electrons. The quantitative estimate of drug-likeness (QED) is 0.718. The van der Waals surface area contributed by atoms with Crippen molar-refractivity contribution in [3.63, 3.8) is 0 Å². The molecule has 2 heterocycles. The van der Waals surface area contributed by atoms with Crippen molar-refractivity contribution in [2.45, 2.75) is 31.4 Å². The Morgan fingerprint density at radius 2 is 2.05 bits per heavy atom. The molecule has 1 saturated heterocycles. The topological polar surface area (TPSA) is 67.4 Å². The van der Waals surface area contributed by atoms with E-state index in [-0.39, 0.29) is 5.91 Å². The molecular weight excluding hydrogens is 312 g/mol. The standard InChI is InChI=1S/C13H13BrN2O3/c1-12(2)6-13(10(17)15-11(18)16-13)8-5-7(14)3-4-9(8)19-12/h3-5H,6H2,1-2H3,(H2,15,16,17,18). The lowest BCUT2D eigenvalue weighted by molar-refractivity contribution is -0.127. The monoisotopic (exact) mass is 324 g/mol. The van der Waals surface area contributed by atoms with Gasteiger partial charge in [0.2, 0.25) is 0 Å². The van der Waals surface area contributed by atoms with E-state index in [4.69, 9.17) is 4.74 Å². The summed E-state index contributed by atoms with van der Waals surface area (Å²) in [5, 5.41) is 5.07. The summed E-state index contributed by atoms with van der Waals surface area (Å²) in [7, 11) is 0. The number of fused-ring (bicyclic) bond motifs is 2. The number of hydrogen-bond acceptors (Lipinski definition) is 3. The van der Waals surface area contributed by atoms with Gasteiger partial charge in [-0.15, -0.1) is 0 Å². The average molecular weight is 325 g/mol. The number of urea groups is 1. The van der Waals surface area contributed by atoms with Gasteiger partial charge in [0.05, 0.1) is 0 Å². The lowest BCUT2D eigenvalue weighted by Gasteiger charge is -2.42. The molecule has 3 rings (SSSR count). The predicted molar refractivity (Wildman–Crippen MR) is 71.8 cm³/mol. The van der Waals surface area contributed by atoms with Crippen LogP contribution in [0.5, 0.6) is 5.75 Å². The Morgan fingerprint density at radius 1 is 1.32 bits per heavy atom. The number of halogens is 1. The molecule has 1 atom stereocenters. The number of hydrogen-bond donors (Lipinski definition) is 2. The molecule has 2 N–H and O–H groups in total. The highest BCUT2D eigenvalue weighted by molar-refractivity contribution is 9.10. The number of benzene rings is 1. The first-order valence-corrected chi connectivity index (χ1v) is 6.74. The van der Waals surface area contributed by atoms with Gasteiger partial charge in [0, 0.05) is 16.5 Å². The van der Waals surface area contributed by atoms with Gasteiger partial charge in [-0.2, -0.15) is 0 Å². The number of ether oxygens (including phenoxy) is 1. The summed E-state index contributed by atoms with van der Waals surface area (Å²) >= 11 is 3.38. The van der Waals surface area contributed by atoms with Gasteiger partial charge in [-0.1, -0.05) is 15.9 Å². The van der Waals surface area contributed by atoms with Crippen LogP contribution in [-0.2, 0) is 10.3 Å². The Morgan fingerprint density at radius 3 is 2.68 bits per heavy atom. The highest BCUT2D eigenvalue weighted by Gasteiger charge is 2.55. The molecule has 1 spiro atoms. The summed E-state index contributed by atoms with van der Waals surface area (Å²) in [6.45, 7) is 3.80. The molecule has 0 aromatic heterocycles. The maximum Gasteiger partial charge on any atom is 0.322 e. The minimum Gasteiger partial charge on any atom is -0.487 e. The molecule has 0 saturated carbocycles. The Balaban J connectivity index is 2.23. The zero-order valence-electron chi connectivity index (χ0n) is 10.5. The molecule has 0 radical (unpaired) electrons. The highest BCUT2D eigenvalue weighted by Crippen LogP contribution is 2.45. The largest absolute Gasteiger partial charge is 0.487 e. The van der Waals surface area contributed by atoms with Crippen LogP contribution in [-0.4, -0.2) is 17.5 Å². The van der Waals surface area contributed by atoms with Crippen molar-refractivity contribution in [2.75, 3.05) is 0 Å². The van der Waals surface area contributed by atoms with Crippen LogP contribution < -0.4 is 15.4 Å². The minimum absolute atomic E-state index is 0.326. The number of amides is 3. The second-order valence-electron chi connectivity index (χ2n) is 5.49. The van der Waals surface area contributed by atoms with E-state index >= 15 is 0 Å². The first kappa shape index (κ1) is 12.5. The average Bonchev–Trinajstić information content (AvgIpc) is 2.54. The lowest BCUT2D eigenvalue weighted by atomic mass is 9.77. The Kier molecular flexibility index (Phi) is 2.44. The minimum atomic E-state index is -1.04. The van der Waals surface area contributed by atoms with Crippen LogP contribution in [0.2, 0.25) is 0 Å². The van der Waals surface area contributed by atoms with Crippen LogP contribution in [0.3, 0.4) is 0 Å². The van der Waals surface area contributed by atoms with E-state index in [2.05, 4.69) is 26.6 Å². The Hall–Kier alpha value is -1.56. The number of imide groups is 1. The number of carbonyl (C=O) groups is 2. The predicted octanol–water partition coefficient (Wildman–Crippen LogP) is 2.04. The molecule has 2 aliphatic heterocycles. The van der Waals surface area contributed by atoms with E-state index < -0.39 is 17.2 Å². The first-order valence-electron chi connectivity index (χ1n) is 5.95. The molecule has 2 aliphatic rings. The van der Waals surface area contributed by atoms with Gasteiger partial charge in [0.1, 0.15) is 11.4 Å². The third-order valence-electron chi connectivity index (χ3n) is 3.42. The number of carbonyl (C=O) groups excluding carboxylic acids is 2. The van der Waals surface area contributed by atoms with Gasteiger partial charge in [-0.3, -0.25) is 10.1 Å². The van der Waals surface area contributed by atoms with Gasteiger partial charge in [0.15, 0.2) is 5.54 Å². The fourth-order valence-corrected chi connectivity index (χ4v) is 3.16. The maximum absolute atomic E-state index is 12.3. The summed E-state index contributed by atoms with van der Waals surface area (Å²) in [4.78, 5) is 23.8. The number of rotatable bonds is 0. The van der Waals surface area contributed by atoms with E-state index in [1.807, 2.05) is 26.0 Å². The van der Waals surface area contributed by atoms with E-state index in [1.165, 1.54) is 0 Å². The summed E-state index contributed by atoms with van der Waals surface area (Å²) < 4.78 is 6.73. The van der Waals surface area contributed by atoms with Gasteiger partial charge < -0.3 is 10.1 Å². The van der Waals surface area contributed by atoms with Gasteiger partial charge in [-0.25, -0.2) is 4.79 Å². The third kappa shape index (κ3) is 1.82. The first-order chi connectivity index (χ1) is 8.82. The SMILES string of the molecule is CC1(C)CC2(NC(=O)NC2=O)c2cc(Br)ccc2O1. The summed E-state index contributed by atoms with van der Waals surface area (Å²) in [5.41, 5.74) is -0.891. The molecule has 19 heavy (non-hydrogen) atoms. The van der Waals surface area contributed by atoms with Crippen LogP contribution in [0.15, 0.2) is 22.7 Å². The fourth-order valence-electron chi connectivity index (χ4n) is 2.80. The van der Waals surface area contributed by atoms with Crippen molar-refractivity contribution >= 4 is 27.9 Å². The lowest BCUT2D eigenvalue weighted by Crippen LogP contribution is -2.53. The molecule has 0 aliphatic carbocycles. The molecular formula is C13H13BrN2O3. The van der Waals surface area contributed by atoms with E-state index in [1.54, 1.807) is 6.07 Å². The van der Waals surface area contributed by atoms with Crippen LogP contribution in [0.4, 0.5) is 4.79 Å². The molecule has 5 nitrogen and oxygen atoms in total. The normalized spacial score (nSPS) is 27.5. The maximum atomic E-state index is 12.3. The summed E-state index contributed by atoms with van der Waals surface area (Å²) in [6.07, 6.45) is 0.390. The summed E-state index contributed by atoms with van der Waals surface area (Å²) in [6, 6.07) is 5.01. The van der Waals surface area contributed by atoms with Gasteiger partial charge >= 0.3 is 6.03 Å². The number of nitrogens with one attached hydrogen (secondary N) is 2. The van der Waals surface area contributed by atoms with Crippen molar-refractivity contribution < 1.29 is 14.3 Å². The van der Waals surface area contributed by atoms with Gasteiger partial charge in [0.25, 0.3) is 5.91 Å². The second kappa shape index (κ2) is 3.72. The van der Waals surface area contributed by atoms with Crippen LogP contribution >= 0.6 is 15.9 Å². The van der Waals surface area contributed by atoms with Crippen LogP contribution in [0.1, 0.15) is 25.8 Å². The second-order valence-corrected chi connectivity index (χ2v) is 6.41. The molecule has 0 bridgehead atoms. The fraction of sp³-hybridized carbons (Fsp3) is 0.385. The molecule has 1 unspecified atom stereocenters. The Labute approximate surface area is 118 Å². The van der Waals surface area contributed by atoms with E-state index in [0.29, 0.717) is 17.7 Å². The van der Waals surface area contributed by atoms with Crippen molar-refractivity contribution in [1.82, 2.24) is 10.6 Å². The molecule has 1 aromatic rings. The van der Waals surface area contributed by atoms with Crippen molar-refractivity contribution in [3.05, 3.63) is 28.2 Å². The zero-order valence-corrected chi connectivity index (χ0v) is 12.1. The molecule has 1 aromatic carbocycles. The zero-order chi connectivity index (χ0) is 13.8. The Bertz CT molecular complexity index is 600. The van der Waals surface area contributed by atoms with Crippen LogP contribution in [0, 0.1) is 0 Å². The van der Waals surface area contributed by atoms with Crippen molar-refractivity contribution in [2.24, 2.45) is 0 Å². The van der Waals surface area contributed by atoms with Crippen molar-refractivity contribution in [1.29, 1.82) is 0 Å². The van der Waals surface area contributed by atoms with E-state index in [0.717, 1.165) is 4.47 Å². The van der Waals surface area contributed by atoms with Gasteiger partial charge in [-0.05, 0) is 32.0 Å². The van der Waals surface area contributed by atoms with E-state index in [9.17, 15) is 9.59 Å².